The lowest BCUT2D eigenvalue weighted by molar-refractivity contribution is -0.147. The molecule has 0 aliphatic carbocycles. The molecule has 2 aromatic rings. The SMILES string of the molecule is CC(C)NC(=O)C(=O)N1CCN(C(=O)c2cc(=O)n(C)c3ccccc23)CC1. The summed E-state index contributed by atoms with van der Waals surface area (Å²) in [6, 6.07) is 8.51. The van der Waals surface area contributed by atoms with Crippen molar-refractivity contribution in [1.82, 2.24) is 19.7 Å². The van der Waals surface area contributed by atoms with Crippen molar-refractivity contribution in [2.75, 3.05) is 26.2 Å². The van der Waals surface area contributed by atoms with Crippen LogP contribution in [-0.4, -0.2) is 64.3 Å². The van der Waals surface area contributed by atoms with Gasteiger partial charge in [-0.2, -0.15) is 0 Å². The van der Waals surface area contributed by atoms with E-state index >= 15 is 0 Å². The smallest absolute Gasteiger partial charge is 0.312 e. The third-order valence-electron chi connectivity index (χ3n) is 4.85. The lowest BCUT2D eigenvalue weighted by atomic mass is 10.1. The normalized spacial score (nSPS) is 14.4. The number of benzene rings is 1. The Hall–Kier alpha value is -3.16. The number of nitrogens with one attached hydrogen (secondary N) is 1. The number of fused-ring (bicyclic) bond motifs is 1. The Kier molecular flexibility index (Phi) is 5.48. The van der Waals surface area contributed by atoms with Gasteiger partial charge in [-0.25, -0.2) is 0 Å². The van der Waals surface area contributed by atoms with Crippen molar-refractivity contribution < 1.29 is 14.4 Å². The number of carbonyl (C=O) groups is 3. The highest BCUT2D eigenvalue weighted by Crippen LogP contribution is 2.19. The first-order chi connectivity index (χ1) is 13.3. The first-order valence-corrected chi connectivity index (χ1v) is 9.27. The average Bonchev–Trinajstić information content (AvgIpc) is 2.69. The summed E-state index contributed by atoms with van der Waals surface area (Å²) in [6.45, 7) is 4.75. The van der Waals surface area contributed by atoms with Crippen LogP contribution < -0.4 is 10.9 Å². The van der Waals surface area contributed by atoms with Gasteiger partial charge in [0.05, 0.1) is 11.1 Å². The van der Waals surface area contributed by atoms with E-state index in [0.29, 0.717) is 29.6 Å². The van der Waals surface area contributed by atoms with Gasteiger partial charge in [0, 0.05) is 50.7 Å². The van der Waals surface area contributed by atoms with E-state index in [2.05, 4.69) is 5.32 Å². The lowest BCUT2D eigenvalue weighted by Gasteiger charge is -2.34. The molecule has 0 unspecified atom stereocenters. The van der Waals surface area contributed by atoms with Crippen molar-refractivity contribution in [3.8, 4) is 0 Å². The van der Waals surface area contributed by atoms with E-state index in [1.165, 1.54) is 15.5 Å². The summed E-state index contributed by atoms with van der Waals surface area (Å²) in [4.78, 5) is 52.4. The molecule has 0 saturated carbocycles. The number of aryl methyl sites for hydroxylation is 1. The van der Waals surface area contributed by atoms with Gasteiger partial charge in [-0.3, -0.25) is 19.2 Å². The van der Waals surface area contributed by atoms with Crippen molar-refractivity contribution in [2.45, 2.75) is 19.9 Å². The van der Waals surface area contributed by atoms with E-state index in [9.17, 15) is 19.2 Å². The quantitative estimate of drug-likeness (QED) is 0.757. The number of hydrogen-bond donors (Lipinski definition) is 1. The van der Waals surface area contributed by atoms with Gasteiger partial charge in [0.2, 0.25) is 0 Å². The zero-order valence-corrected chi connectivity index (χ0v) is 16.3. The fourth-order valence-corrected chi connectivity index (χ4v) is 3.34. The second-order valence-electron chi connectivity index (χ2n) is 7.18. The molecule has 8 nitrogen and oxygen atoms in total. The summed E-state index contributed by atoms with van der Waals surface area (Å²) in [7, 11) is 1.67. The average molecular weight is 384 g/mol. The third-order valence-corrected chi connectivity index (χ3v) is 4.85. The molecule has 0 atom stereocenters. The first-order valence-electron chi connectivity index (χ1n) is 9.27. The Morgan fingerprint density at radius 1 is 1.00 bits per heavy atom. The highest BCUT2D eigenvalue weighted by molar-refractivity contribution is 6.35. The molecule has 148 valence electrons. The summed E-state index contributed by atoms with van der Waals surface area (Å²) in [5, 5.41) is 3.30. The number of nitrogens with zero attached hydrogens (tertiary/aromatic N) is 3. The maximum atomic E-state index is 13.0. The molecule has 1 aromatic heterocycles. The summed E-state index contributed by atoms with van der Waals surface area (Å²) < 4.78 is 1.51. The third kappa shape index (κ3) is 3.76. The molecule has 1 aromatic carbocycles. The van der Waals surface area contributed by atoms with Crippen LogP contribution >= 0.6 is 0 Å². The molecule has 1 N–H and O–H groups in total. The van der Waals surface area contributed by atoms with Gasteiger partial charge in [0.1, 0.15) is 0 Å². The maximum absolute atomic E-state index is 13.0. The van der Waals surface area contributed by atoms with Crippen molar-refractivity contribution in [3.05, 3.63) is 46.2 Å². The highest BCUT2D eigenvalue weighted by atomic mass is 16.2. The monoisotopic (exact) mass is 384 g/mol. The largest absolute Gasteiger partial charge is 0.346 e. The van der Waals surface area contributed by atoms with Gasteiger partial charge in [-0.1, -0.05) is 18.2 Å². The van der Waals surface area contributed by atoms with Crippen LogP contribution in [0, 0.1) is 0 Å². The summed E-state index contributed by atoms with van der Waals surface area (Å²) in [5.41, 5.74) is 0.801. The lowest BCUT2D eigenvalue weighted by Crippen LogP contribution is -2.54. The second-order valence-corrected chi connectivity index (χ2v) is 7.18. The second kappa shape index (κ2) is 7.84. The van der Waals surface area contributed by atoms with Gasteiger partial charge < -0.3 is 19.7 Å². The molecule has 0 radical (unpaired) electrons. The van der Waals surface area contributed by atoms with E-state index in [4.69, 9.17) is 0 Å². The number of carbonyl (C=O) groups excluding carboxylic acids is 3. The molecule has 0 bridgehead atoms. The van der Waals surface area contributed by atoms with Gasteiger partial charge in [0.25, 0.3) is 11.5 Å². The molecule has 1 saturated heterocycles. The Balaban J connectivity index is 1.75. The number of amides is 3. The van der Waals surface area contributed by atoms with E-state index in [0.717, 1.165) is 0 Å². The molecule has 28 heavy (non-hydrogen) atoms. The molecular formula is C20H24N4O4. The summed E-state index contributed by atoms with van der Waals surface area (Å²) >= 11 is 0. The molecule has 8 heteroatoms. The van der Waals surface area contributed by atoms with Gasteiger partial charge in [0.15, 0.2) is 0 Å². The van der Waals surface area contributed by atoms with Crippen LogP contribution in [0.1, 0.15) is 24.2 Å². The number of hydrogen-bond acceptors (Lipinski definition) is 4. The fraction of sp³-hybridized carbons (Fsp3) is 0.400. The number of aromatic nitrogens is 1. The molecule has 2 heterocycles. The van der Waals surface area contributed by atoms with E-state index < -0.39 is 11.8 Å². The molecular weight excluding hydrogens is 360 g/mol. The molecule has 1 aliphatic rings. The van der Waals surface area contributed by atoms with Crippen molar-refractivity contribution in [2.24, 2.45) is 7.05 Å². The topological polar surface area (TPSA) is 91.7 Å². The first kappa shape index (κ1) is 19.6. The van der Waals surface area contributed by atoms with Crippen LogP contribution in [0.4, 0.5) is 0 Å². The number of para-hydroxylation sites is 1. The zero-order chi connectivity index (χ0) is 20.4. The van der Waals surface area contributed by atoms with Crippen LogP contribution in [0.2, 0.25) is 0 Å². The predicted octanol–water partition coefficient (Wildman–Crippen LogP) is 0.348. The Labute approximate surface area is 162 Å². The number of pyridine rings is 1. The standard InChI is InChI=1S/C20H24N4O4/c1-13(2)21-18(26)20(28)24-10-8-23(9-11-24)19(27)15-12-17(25)22(3)16-7-5-4-6-14(15)16/h4-7,12-13H,8-11H2,1-3H3,(H,21,26). The molecule has 1 aliphatic heterocycles. The predicted molar refractivity (Wildman–Crippen MR) is 105 cm³/mol. The van der Waals surface area contributed by atoms with E-state index in [1.807, 2.05) is 18.2 Å². The van der Waals surface area contributed by atoms with Gasteiger partial charge in [-0.05, 0) is 19.9 Å². The minimum atomic E-state index is -0.632. The van der Waals surface area contributed by atoms with Crippen molar-refractivity contribution in [1.29, 1.82) is 0 Å². The Bertz CT molecular complexity index is 987. The molecule has 3 amide bonds. The number of rotatable bonds is 2. The molecule has 3 rings (SSSR count). The molecule has 0 spiro atoms. The van der Waals surface area contributed by atoms with Crippen LogP contribution in [0.5, 0.6) is 0 Å². The van der Waals surface area contributed by atoms with Crippen molar-refractivity contribution >= 4 is 28.6 Å². The van der Waals surface area contributed by atoms with Gasteiger partial charge >= 0.3 is 11.8 Å². The Morgan fingerprint density at radius 3 is 2.25 bits per heavy atom. The minimum absolute atomic E-state index is 0.117. The highest BCUT2D eigenvalue weighted by Gasteiger charge is 2.29. The van der Waals surface area contributed by atoms with Crippen molar-refractivity contribution in [3.63, 3.8) is 0 Å². The van der Waals surface area contributed by atoms with E-state index in [1.54, 1.807) is 31.9 Å². The van der Waals surface area contributed by atoms with Crippen LogP contribution in [0.3, 0.4) is 0 Å². The fourth-order valence-electron chi connectivity index (χ4n) is 3.34. The van der Waals surface area contributed by atoms with E-state index in [-0.39, 0.29) is 30.6 Å². The summed E-state index contributed by atoms with van der Waals surface area (Å²) in [5.74, 6) is -1.46. The van der Waals surface area contributed by atoms with Crippen LogP contribution in [0.15, 0.2) is 35.1 Å². The van der Waals surface area contributed by atoms with Gasteiger partial charge in [-0.15, -0.1) is 0 Å². The zero-order valence-electron chi connectivity index (χ0n) is 16.3. The summed E-state index contributed by atoms with van der Waals surface area (Å²) in [6.07, 6.45) is 0. The van der Waals surface area contributed by atoms with Crippen LogP contribution in [0.25, 0.3) is 10.9 Å². The molecule has 1 fully saturated rings. The van der Waals surface area contributed by atoms with Crippen LogP contribution in [-0.2, 0) is 16.6 Å². The maximum Gasteiger partial charge on any atom is 0.312 e. The number of piperazine rings is 1. The minimum Gasteiger partial charge on any atom is -0.346 e. The Morgan fingerprint density at radius 2 is 1.61 bits per heavy atom.